The van der Waals surface area contributed by atoms with E-state index in [4.69, 9.17) is 20.9 Å². The van der Waals surface area contributed by atoms with Crippen LogP contribution in [0.2, 0.25) is 0 Å². The number of esters is 1. The first kappa shape index (κ1) is 29.6. The molecule has 0 spiro atoms. The van der Waals surface area contributed by atoms with Crippen molar-refractivity contribution in [2.45, 2.75) is 121 Å². The highest BCUT2D eigenvalue weighted by atomic mass is 16.6. The van der Waals surface area contributed by atoms with Crippen molar-refractivity contribution < 1.29 is 29.0 Å². The van der Waals surface area contributed by atoms with Crippen molar-refractivity contribution in [3.63, 3.8) is 0 Å². The Kier molecular flexibility index (Phi) is 8.46. The van der Waals surface area contributed by atoms with Gasteiger partial charge in [-0.3, -0.25) is 9.59 Å². The third-order valence-electron chi connectivity index (χ3n) is 12.3. The quantitative estimate of drug-likeness (QED) is 0.369. The molecule has 0 aromatic carbocycles. The number of aliphatic carboxylic acids is 1. The van der Waals surface area contributed by atoms with E-state index in [2.05, 4.69) is 11.8 Å². The summed E-state index contributed by atoms with van der Waals surface area (Å²) in [5, 5.41) is 10.5. The average Bonchev–Trinajstić information content (AvgIpc) is 3.22. The summed E-state index contributed by atoms with van der Waals surface area (Å²) in [4.78, 5) is 39.4. The predicted molar refractivity (Wildman–Crippen MR) is 150 cm³/mol. The van der Waals surface area contributed by atoms with E-state index < -0.39 is 35.0 Å². The fourth-order valence-corrected chi connectivity index (χ4v) is 10.7. The number of piperidine rings is 1. The zero-order chi connectivity index (χ0) is 28.7. The second-order valence-corrected chi connectivity index (χ2v) is 14.0. The minimum absolute atomic E-state index is 0.0184. The largest absolute Gasteiger partial charge is 0.481 e. The lowest BCUT2D eigenvalue weighted by Crippen LogP contribution is -2.71. The fraction of sp³-hybridized carbons (Fsp3) is 0.903. The summed E-state index contributed by atoms with van der Waals surface area (Å²) in [5.41, 5.74) is 11.6. The van der Waals surface area contributed by atoms with Gasteiger partial charge in [-0.1, -0.05) is 13.3 Å². The molecule has 0 aromatic heterocycles. The molecule has 4 unspecified atom stereocenters. The molecule has 1 aliphatic heterocycles. The summed E-state index contributed by atoms with van der Waals surface area (Å²) in [6.07, 6.45) is 10.9. The SMILES string of the molecule is CC(=O)OC1CCC2CC[C@@H]3[C@H](CC[C@]4(C(CCCN5CCCCC5)OC(N)=O)C(C(=O)O)CC[C@@]34N)[C@@]2(C)C1. The lowest BCUT2D eigenvalue weighted by molar-refractivity contribution is -0.186. The Morgan fingerprint density at radius 1 is 1.00 bits per heavy atom. The van der Waals surface area contributed by atoms with Crippen LogP contribution in [0.15, 0.2) is 0 Å². The number of hydrogen-bond donors (Lipinski definition) is 3. The van der Waals surface area contributed by atoms with Crippen molar-refractivity contribution >= 4 is 18.0 Å². The van der Waals surface area contributed by atoms with Crippen LogP contribution in [0.25, 0.3) is 0 Å². The summed E-state index contributed by atoms with van der Waals surface area (Å²) in [6, 6.07) is 0. The van der Waals surface area contributed by atoms with Crippen molar-refractivity contribution in [1.82, 2.24) is 4.90 Å². The van der Waals surface area contributed by atoms with E-state index in [1.807, 2.05) is 0 Å². The van der Waals surface area contributed by atoms with E-state index in [0.29, 0.717) is 37.5 Å². The summed E-state index contributed by atoms with van der Waals surface area (Å²) < 4.78 is 11.6. The van der Waals surface area contributed by atoms with Crippen molar-refractivity contribution in [3.05, 3.63) is 0 Å². The number of fused-ring (bicyclic) bond motifs is 5. The standard InChI is InChI=1S/C31H51N3O6/c1-20(35)39-22-10-8-21-9-11-24-23(29(21,2)19-22)12-14-30(25(27(36)37)13-15-31(24,30)33)26(40-28(32)38)7-6-18-34-16-4-3-5-17-34/h21-26H,3-19,33H2,1-2H3,(H2,32,38)(H,36,37)/t21?,22?,23-,24+,25?,26?,29-,30+,31+/m0/s1. The molecule has 4 aliphatic carbocycles. The van der Waals surface area contributed by atoms with Gasteiger partial charge in [-0.05, 0) is 126 Å². The summed E-state index contributed by atoms with van der Waals surface area (Å²) in [7, 11) is 0. The molecule has 5 rings (SSSR count). The molecule has 9 nitrogen and oxygen atoms in total. The Morgan fingerprint density at radius 3 is 2.40 bits per heavy atom. The molecule has 40 heavy (non-hydrogen) atoms. The van der Waals surface area contributed by atoms with E-state index in [9.17, 15) is 19.5 Å². The second-order valence-electron chi connectivity index (χ2n) is 14.0. The van der Waals surface area contributed by atoms with Gasteiger partial charge in [0.1, 0.15) is 12.2 Å². The van der Waals surface area contributed by atoms with Gasteiger partial charge in [-0.15, -0.1) is 0 Å². The van der Waals surface area contributed by atoms with Gasteiger partial charge in [0.15, 0.2) is 0 Å². The maximum absolute atomic E-state index is 12.8. The van der Waals surface area contributed by atoms with Gasteiger partial charge in [-0.2, -0.15) is 0 Å². The summed E-state index contributed by atoms with van der Waals surface area (Å²) >= 11 is 0. The lowest BCUT2D eigenvalue weighted by atomic mass is 9.41. The van der Waals surface area contributed by atoms with Gasteiger partial charge in [0.05, 0.1) is 5.92 Å². The van der Waals surface area contributed by atoms with Gasteiger partial charge in [0.2, 0.25) is 0 Å². The summed E-state index contributed by atoms with van der Waals surface area (Å²) in [6.45, 7) is 6.93. The van der Waals surface area contributed by atoms with Crippen molar-refractivity contribution in [3.8, 4) is 0 Å². The van der Waals surface area contributed by atoms with Crippen LogP contribution < -0.4 is 11.5 Å². The zero-order valence-corrected chi connectivity index (χ0v) is 24.6. The monoisotopic (exact) mass is 561 g/mol. The molecule has 9 heteroatoms. The van der Waals surface area contributed by atoms with Crippen molar-refractivity contribution in [1.29, 1.82) is 0 Å². The minimum atomic E-state index is -0.843. The molecule has 4 saturated carbocycles. The smallest absolute Gasteiger partial charge is 0.404 e. The van der Waals surface area contributed by atoms with E-state index >= 15 is 0 Å². The Bertz CT molecular complexity index is 971. The molecule has 5 fully saturated rings. The molecule has 9 atom stereocenters. The van der Waals surface area contributed by atoms with Crippen LogP contribution in [0.1, 0.15) is 104 Å². The van der Waals surface area contributed by atoms with Gasteiger partial charge in [-0.25, -0.2) is 4.79 Å². The normalized spacial score (nSPS) is 42.1. The number of ether oxygens (including phenoxy) is 2. The van der Waals surface area contributed by atoms with Crippen molar-refractivity contribution in [2.24, 2.45) is 46.0 Å². The third-order valence-corrected chi connectivity index (χ3v) is 12.3. The van der Waals surface area contributed by atoms with E-state index in [-0.39, 0.29) is 23.4 Å². The molecule has 5 N–H and O–H groups in total. The van der Waals surface area contributed by atoms with Crippen molar-refractivity contribution in [2.75, 3.05) is 19.6 Å². The molecular formula is C31H51N3O6. The molecule has 1 saturated heterocycles. The van der Waals surface area contributed by atoms with E-state index in [0.717, 1.165) is 64.6 Å². The number of amides is 1. The first-order chi connectivity index (χ1) is 19.0. The number of carbonyl (C=O) groups excluding carboxylic acids is 2. The number of likely N-dealkylation sites (tertiary alicyclic amines) is 1. The lowest BCUT2D eigenvalue weighted by Gasteiger charge is -2.65. The maximum Gasteiger partial charge on any atom is 0.404 e. The average molecular weight is 562 g/mol. The van der Waals surface area contributed by atoms with Crippen LogP contribution in [-0.2, 0) is 19.1 Å². The topological polar surface area (TPSA) is 145 Å². The number of nitrogens with two attached hydrogens (primary N) is 2. The van der Waals surface area contributed by atoms with E-state index in [1.165, 1.54) is 26.2 Å². The number of primary amides is 1. The first-order valence-electron chi connectivity index (χ1n) is 15.9. The number of rotatable bonds is 8. The Morgan fingerprint density at radius 2 is 1.73 bits per heavy atom. The fourth-order valence-electron chi connectivity index (χ4n) is 10.7. The van der Waals surface area contributed by atoms with Gasteiger partial charge in [0, 0.05) is 17.9 Å². The second kappa shape index (κ2) is 11.4. The van der Waals surface area contributed by atoms with Crippen LogP contribution in [0, 0.1) is 34.5 Å². The highest BCUT2D eigenvalue weighted by Crippen LogP contribution is 2.70. The van der Waals surface area contributed by atoms with Crippen LogP contribution in [0.3, 0.4) is 0 Å². The zero-order valence-electron chi connectivity index (χ0n) is 24.6. The maximum atomic E-state index is 12.8. The molecule has 5 aliphatic rings. The number of carboxylic acids is 1. The van der Waals surface area contributed by atoms with Crippen LogP contribution in [-0.4, -0.2) is 65.4 Å². The predicted octanol–water partition coefficient (Wildman–Crippen LogP) is 4.45. The molecule has 0 radical (unpaired) electrons. The highest BCUT2D eigenvalue weighted by Gasteiger charge is 2.72. The number of nitrogens with zero attached hydrogens (tertiary/aromatic N) is 1. The summed E-state index contributed by atoms with van der Waals surface area (Å²) in [5.74, 6) is -0.735. The molecule has 1 amide bonds. The van der Waals surface area contributed by atoms with Gasteiger partial charge in [0.25, 0.3) is 0 Å². The van der Waals surface area contributed by atoms with Gasteiger partial charge >= 0.3 is 18.0 Å². The van der Waals surface area contributed by atoms with Crippen LogP contribution >= 0.6 is 0 Å². The number of hydrogen-bond acceptors (Lipinski definition) is 7. The minimum Gasteiger partial charge on any atom is -0.481 e. The highest BCUT2D eigenvalue weighted by molar-refractivity contribution is 5.73. The van der Waals surface area contributed by atoms with Gasteiger partial charge < -0.3 is 30.9 Å². The Balaban J connectivity index is 1.44. The molecular weight excluding hydrogens is 510 g/mol. The van der Waals surface area contributed by atoms with E-state index in [1.54, 1.807) is 0 Å². The van der Waals surface area contributed by atoms with Crippen LogP contribution in [0.5, 0.6) is 0 Å². The molecule has 0 bridgehead atoms. The Hall–Kier alpha value is -1.87. The molecule has 226 valence electrons. The van der Waals surface area contributed by atoms with Crippen LogP contribution in [0.4, 0.5) is 4.79 Å². The molecule has 1 heterocycles. The first-order valence-corrected chi connectivity index (χ1v) is 15.9. The number of carbonyl (C=O) groups is 3. The number of carboxylic acid groups (broad SMARTS) is 1. The molecule has 0 aromatic rings. The third kappa shape index (κ3) is 5.03. The Labute approximate surface area is 239 Å².